The number of aromatic amines is 2. The summed E-state index contributed by atoms with van der Waals surface area (Å²) in [5.74, 6) is 0. The van der Waals surface area contributed by atoms with Crippen molar-refractivity contribution in [2.45, 2.75) is 26.3 Å². The minimum Gasteiger partial charge on any atom is -0.354 e. The number of imidazole rings is 1. The van der Waals surface area contributed by atoms with Gasteiger partial charge in [0.15, 0.2) is 0 Å². The highest BCUT2D eigenvalue weighted by Gasteiger charge is 2.10. The molecule has 0 amide bonds. The Morgan fingerprint density at radius 1 is 1.30 bits per heavy atom. The Morgan fingerprint density at radius 2 is 2.10 bits per heavy atom. The van der Waals surface area contributed by atoms with Crippen molar-refractivity contribution in [2.24, 2.45) is 0 Å². The average Bonchev–Trinajstić information content (AvgIpc) is 3.02. The predicted octanol–water partition coefficient (Wildman–Crippen LogP) is 2.44. The standard InChI is InChI=1S/C13H15N5OS/c1-3-11-17-18-13(20-11)14-7(2)8-4-5-9-10(6-8)16-12(19)15-9/h4-7H,3H2,1-2H3,(H,14,18)(H2,15,16,19). The lowest BCUT2D eigenvalue weighted by Gasteiger charge is -2.12. The third kappa shape index (κ3) is 2.44. The summed E-state index contributed by atoms with van der Waals surface area (Å²) < 4.78 is 0. The fraction of sp³-hybridized carbons (Fsp3) is 0.308. The van der Waals surface area contributed by atoms with Gasteiger partial charge in [-0.1, -0.05) is 24.3 Å². The number of benzene rings is 1. The normalized spacial score (nSPS) is 12.7. The maximum atomic E-state index is 11.3. The van der Waals surface area contributed by atoms with Crippen LogP contribution >= 0.6 is 11.3 Å². The molecule has 0 aliphatic carbocycles. The highest BCUT2D eigenvalue weighted by atomic mass is 32.1. The van der Waals surface area contributed by atoms with E-state index in [4.69, 9.17) is 0 Å². The van der Waals surface area contributed by atoms with Gasteiger partial charge in [-0.15, -0.1) is 10.2 Å². The van der Waals surface area contributed by atoms with E-state index in [0.717, 1.165) is 33.2 Å². The minimum absolute atomic E-state index is 0.0930. The van der Waals surface area contributed by atoms with E-state index in [1.165, 1.54) is 0 Å². The third-order valence-electron chi connectivity index (χ3n) is 3.15. The molecule has 0 saturated carbocycles. The lowest BCUT2D eigenvalue weighted by molar-refractivity contribution is 0.871. The van der Waals surface area contributed by atoms with Crippen molar-refractivity contribution < 1.29 is 0 Å². The number of nitrogens with zero attached hydrogens (tertiary/aromatic N) is 2. The molecule has 0 saturated heterocycles. The largest absolute Gasteiger partial charge is 0.354 e. The second kappa shape index (κ2) is 5.09. The lowest BCUT2D eigenvalue weighted by atomic mass is 10.1. The van der Waals surface area contributed by atoms with Gasteiger partial charge >= 0.3 is 5.69 Å². The smallest absolute Gasteiger partial charge is 0.323 e. The van der Waals surface area contributed by atoms with Crippen molar-refractivity contribution in [3.63, 3.8) is 0 Å². The number of hydrogen-bond acceptors (Lipinski definition) is 5. The number of nitrogens with one attached hydrogen (secondary N) is 3. The molecule has 0 radical (unpaired) electrons. The molecule has 0 spiro atoms. The summed E-state index contributed by atoms with van der Waals surface area (Å²) in [6.07, 6.45) is 0.893. The molecule has 3 aromatic rings. The highest BCUT2D eigenvalue weighted by Crippen LogP contribution is 2.23. The number of rotatable bonds is 4. The summed E-state index contributed by atoms with van der Waals surface area (Å²) in [5.41, 5.74) is 2.53. The molecule has 1 unspecified atom stereocenters. The molecule has 0 aliphatic heterocycles. The van der Waals surface area contributed by atoms with Gasteiger partial charge < -0.3 is 15.3 Å². The number of anilines is 1. The van der Waals surface area contributed by atoms with E-state index in [2.05, 4.69) is 39.3 Å². The van der Waals surface area contributed by atoms with Crippen molar-refractivity contribution >= 4 is 27.5 Å². The molecule has 3 rings (SSSR count). The fourth-order valence-corrected chi connectivity index (χ4v) is 2.81. The van der Waals surface area contributed by atoms with E-state index in [9.17, 15) is 4.79 Å². The quantitative estimate of drug-likeness (QED) is 0.688. The number of H-pyrrole nitrogens is 2. The number of aromatic nitrogens is 4. The summed E-state index contributed by atoms with van der Waals surface area (Å²) in [6.45, 7) is 4.11. The van der Waals surface area contributed by atoms with Crippen LogP contribution in [0.2, 0.25) is 0 Å². The van der Waals surface area contributed by atoms with Crippen molar-refractivity contribution in [1.29, 1.82) is 0 Å². The van der Waals surface area contributed by atoms with Crippen LogP contribution in [0.25, 0.3) is 11.0 Å². The first-order chi connectivity index (χ1) is 9.65. The summed E-state index contributed by atoms with van der Waals surface area (Å²) in [7, 11) is 0. The lowest BCUT2D eigenvalue weighted by Crippen LogP contribution is -2.06. The van der Waals surface area contributed by atoms with Crippen molar-refractivity contribution in [2.75, 3.05) is 5.32 Å². The Kier molecular flexibility index (Phi) is 3.27. The molecule has 0 fully saturated rings. The van der Waals surface area contributed by atoms with Crippen LogP contribution in [-0.4, -0.2) is 20.2 Å². The van der Waals surface area contributed by atoms with E-state index in [1.807, 2.05) is 18.2 Å². The first-order valence-corrected chi connectivity index (χ1v) is 7.28. The van der Waals surface area contributed by atoms with Crippen molar-refractivity contribution in [1.82, 2.24) is 20.2 Å². The van der Waals surface area contributed by atoms with Gasteiger partial charge in [-0.2, -0.15) is 0 Å². The predicted molar refractivity (Wildman–Crippen MR) is 80.2 cm³/mol. The van der Waals surface area contributed by atoms with Gasteiger partial charge in [-0.3, -0.25) is 0 Å². The fourth-order valence-electron chi connectivity index (χ4n) is 2.04. The van der Waals surface area contributed by atoms with Crippen LogP contribution in [0, 0.1) is 0 Å². The second-order valence-electron chi connectivity index (χ2n) is 4.60. The Hall–Kier alpha value is -2.15. The molecular weight excluding hydrogens is 274 g/mol. The molecule has 20 heavy (non-hydrogen) atoms. The summed E-state index contributed by atoms with van der Waals surface area (Å²) in [6, 6.07) is 5.95. The average molecular weight is 289 g/mol. The number of fused-ring (bicyclic) bond motifs is 1. The minimum atomic E-state index is -0.186. The Bertz CT molecular complexity index is 787. The topological polar surface area (TPSA) is 86.5 Å². The second-order valence-corrected chi connectivity index (χ2v) is 5.67. The monoisotopic (exact) mass is 289 g/mol. The Labute approximate surface area is 119 Å². The van der Waals surface area contributed by atoms with Crippen LogP contribution in [0.5, 0.6) is 0 Å². The SMILES string of the molecule is CCc1nnc(NC(C)c2ccc3[nH]c(=O)[nH]c3c2)s1. The molecule has 6 nitrogen and oxygen atoms in total. The molecule has 104 valence electrons. The molecule has 3 N–H and O–H groups in total. The van der Waals surface area contributed by atoms with E-state index in [0.29, 0.717) is 0 Å². The number of hydrogen-bond donors (Lipinski definition) is 3. The van der Waals surface area contributed by atoms with E-state index in [1.54, 1.807) is 11.3 Å². The number of aryl methyl sites for hydroxylation is 1. The van der Waals surface area contributed by atoms with Crippen LogP contribution in [-0.2, 0) is 6.42 Å². The van der Waals surface area contributed by atoms with Crippen molar-refractivity contribution in [3.8, 4) is 0 Å². The first-order valence-electron chi connectivity index (χ1n) is 6.46. The van der Waals surface area contributed by atoms with Crippen LogP contribution in [0.15, 0.2) is 23.0 Å². The zero-order valence-electron chi connectivity index (χ0n) is 11.2. The zero-order chi connectivity index (χ0) is 14.1. The summed E-state index contributed by atoms with van der Waals surface area (Å²) in [5, 5.41) is 13.4. The summed E-state index contributed by atoms with van der Waals surface area (Å²) >= 11 is 1.57. The van der Waals surface area contributed by atoms with E-state index in [-0.39, 0.29) is 11.7 Å². The maximum absolute atomic E-state index is 11.3. The molecule has 0 bridgehead atoms. The summed E-state index contributed by atoms with van der Waals surface area (Å²) in [4.78, 5) is 16.8. The van der Waals surface area contributed by atoms with Gasteiger partial charge in [0.2, 0.25) is 5.13 Å². The maximum Gasteiger partial charge on any atom is 0.323 e. The van der Waals surface area contributed by atoms with Crippen LogP contribution in [0.3, 0.4) is 0 Å². The molecular formula is C13H15N5OS. The van der Waals surface area contributed by atoms with Crippen LogP contribution in [0.1, 0.15) is 30.5 Å². The first kappa shape index (κ1) is 12.9. The van der Waals surface area contributed by atoms with Gasteiger partial charge in [0.05, 0.1) is 17.1 Å². The molecule has 2 heterocycles. The third-order valence-corrected chi connectivity index (χ3v) is 4.15. The molecule has 1 aromatic carbocycles. The van der Waals surface area contributed by atoms with E-state index >= 15 is 0 Å². The molecule has 1 atom stereocenters. The molecule has 2 aromatic heterocycles. The van der Waals surface area contributed by atoms with Gasteiger partial charge in [0.25, 0.3) is 0 Å². The van der Waals surface area contributed by atoms with E-state index < -0.39 is 0 Å². The van der Waals surface area contributed by atoms with Crippen LogP contribution < -0.4 is 11.0 Å². The van der Waals surface area contributed by atoms with Gasteiger partial charge in [-0.05, 0) is 31.0 Å². The molecule has 0 aliphatic rings. The van der Waals surface area contributed by atoms with Gasteiger partial charge in [0.1, 0.15) is 5.01 Å². The van der Waals surface area contributed by atoms with Crippen LogP contribution in [0.4, 0.5) is 5.13 Å². The Morgan fingerprint density at radius 3 is 2.85 bits per heavy atom. The Balaban J connectivity index is 1.83. The molecule has 7 heteroatoms. The zero-order valence-corrected chi connectivity index (χ0v) is 12.0. The van der Waals surface area contributed by atoms with Gasteiger partial charge in [-0.25, -0.2) is 4.79 Å². The van der Waals surface area contributed by atoms with Crippen molar-refractivity contribution in [3.05, 3.63) is 39.3 Å². The van der Waals surface area contributed by atoms with Gasteiger partial charge in [0, 0.05) is 0 Å². The highest BCUT2D eigenvalue weighted by molar-refractivity contribution is 7.15.